The van der Waals surface area contributed by atoms with E-state index >= 15 is 0 Å². The third-order valence-corrected chi connectivity index (χ3v) is 4.21. The molecule has 2 atom stereocenters. The summed E-state index contributed by atoms with van der Waals surface area (Å²) in [5, 5.41) is 0. The fourth-order valence-corrected chi connectivity index (χ4v) is 2.99. The van der Waals surface area contributed by atoms with Gasteiger partial charge in [0.25, 0.3) is 0 Å². The number of hydrogen-bond donors (Lipinski definition) is 0. The van der Waals surface area contributed by atoms with Gasteiger partial charge in [0.15, 0.2) is 0 Å². The summed E-state index contributed by atoms with van der Waals surface area (Å²) in [6, 6.07) is 9.94. The Hall–Kier alpha value is -1.35. The summed E-state index contributed by atoms with van der Waals surface area (Å²) in [6.07, 6.45) is 2.38. The normalized spacial score (nSPS) is 23.6. The van der Waals surface area contributed by atoms with Crippen LogP contribution in [-0.4, -0.2) is 31.1 Å². The van der Waals surface area contributed by atoms with Crippen LogP contribution in [0.25, 0.3) is 0 Å². The predicted molar refractivity (Wildman–Crippen MR) is 75.8 cm³/mol. The van der Waals surface area contributed by atoms with Crippen molar-refractivity contribution in [1.82, 2.24) is 4.90 Å². The van der Waals surface area contributed by atoms with Crippen LogP contribution in [0, 0.1) is 5.92 Å². The second kappa shape index (κ2) is 5.74. The Bertz CT molecular complexity index is 432. The molecule has 0 aromatic heterocycles. The van der Waals surface area contributed by atoms with Crippen molar-refractivity contribution in [3.63, 3.8) is 0 Å². The van der Waals surface area contributed by atoms with E-state index in [1.807, 2.05) is 37.3 Å². The van der Waals surface area contributed by atoms with Crippen LogP contribution in [0.3, 0.4) is 0 Å². The summed E-state index contributed by atoms with van der Waals surface area (Å²) in [4.78, 5) is 14.6. The lowest BCUT2D eigenvalue weighted by molar-refractivity contribution is -0.156. The lowest BCUT2D eigenvalue weighted by Crippen LogP contribution is -2.53. The molecule has 0 aliphatic carbocycles. The Balaban J connectivity index is 2.37. The number of ether oxygens (including phenoxy) is 1. The number of carbonyl (C=O) groups excluding carboxylic acids is 1. The van der Waals surface area contributed by atoms with Crippen LogP contribution < -0.4 is 0 Å². The smallest absolute Gasteiger partial charge is 0.330 e. The summed E-state index contributed by atoms with van der Waals surface area (Å²) in [5.74, 6) is 0.453. The fraction of sp³-hybridized carbons (Fsp3) is 0.562. The van der Waals surface area contributed by atoms with Gasteiger partial charge in [-0.25, -0.2) is 4.79 Å². The molecule has 0 amide bonds. The van der Waals surface area contributed by atoms with E-state index in [1.54, 1.807) is 0 Å². The Morgan fingerprint density at radius 2 is 2.05 bits per heavy atom. The van der Waals surface area contributed by atoms with Crippen molar-refractivity contribution in [3.8, 4) is 0 Å². The molecule has 19 heavy (non-hydrogen) atoms. The van der Waals surface area contributed by atoms with Gasteiger partial charge in [-0.2, -0.15) is 0 Å². The maximum atomic E-state index is 12.4. The number of carbonyl (C=O) groups is 1. The molecule has 1 aliphatic rings. The average Bonchev–Trinajstić information content (AvgIpc) is 2.46. The fourth-order valence-electron chi connectivity index (χ4n) is 2.99. The molecule has 2 unspecified atom stereocenters. The molecule has 0 bridgehead atoms. The first-order valence-electron chi connectivity index (χ1n) is 6.98. The van der Waals surface area contributed by atoms with Gasteiger partial charge in [-0.1, -0.05) is 37.3 Å². The van der Waals surface area contributed by atoms with Crippen molar-refractivity contribution in [2.75, 3.05) is 20.2 Å². The second-order valence-electron chi connectivity index (χ2n) is 5.62. The molecular formula is C16H23NO2. The van der Waals surface area contributed by atoms with Crippen LogP contribution in [0.4, 0.5) is 0 Å². The van der Waals surface area contributed by atoms with Crippen LogP contribution in [0.1, 0.15) is 32.3 Å². The summed E-state index contributed by atoms with van der Waals surface area (Å²) in [5.41, 5.74) is 0.334. The zero-order valence-electron chi connectivity index (χ0n) is 12.1. The van der Waals surface area contributed by atoms with Gasteiger partial charge in [0, 0.05) is 6.54 Å². The third-order valence-electron chi connectivity index (χ3n) is 4.21. The Labute approximate surface area is 115 Å². The highest BCUT2D eigenvalue weighted by Crippen LogP contribution is 2.33. The molecule has 0 spiro atoms. The van der Waals surface area contributed by atoms with Gasteiger partial charge in [-0.05, 0) is 37.8 Å². The number of benzene rings is 1. The largest absolute Gasteiger partial charge is 0.467 e. The highest BCUT2D eigenvalue weighted by Gasteiger charge is 2.43. The Kier molecular flexibility index (Phi) is 4.25. The lowest BCUT2D eigenvalue weighted by Gasteiger charge is -2.43. The van der Waals surface area contributed by atoms with Crippen LogP contribution in [0.15, 0.2) is 30.3 Å². The predicted octanol–water partition coefficient (Wildman–Crippen LogP) is 2.81. The van der Waals surface area contributed by atoms with Crippen LogP contribution in [-0.2, 0) is 15.1 Å². The number of methoxy groups -OCH3 is 1. The van der Waals surface area contributed by atoms with Crippen LogP contribution in [0.2, 0.25) is 0 Å². The number of rotatable bonds is 3. The van der Waals surface area contributed by atoms with E-state index in [1.165, 1.54) is 13.5 Å². The number of hydrogen-bond acceptors (Lipinski definition) is 3. The first-order chi connectivity index (χ1) is 9.09. The maximum Gasteiger partial charge on any atom is 0.330 e. The van der Waals surface area contributed by atoms with Gasteiger partial charge in [-0.3, -0.25) is 4.90 Å². The number of piperidine rings is 1. The zero-order chi connectivity index (χ0) is 13.9. The monoisotopic (exact) mass is 261 g/mol. The van der Waals surface area contributed by atoms with Crippen LogP contribution in [0.5, 0.6) is 0 Å². The summed E-state index contributed by atoms with van der Waals surface area (Å²) in [6.45, 7) is 6.12. The average molecular weight is 261 g/mol. The third kappa shape index (κ3) is 2.66. The van der Waals surface area contributed by atoms with Crippen molar-refractivity contribution in [2.24, 2.45) is 5.92 Å². The zero-order valence-corrected chi connectivity index (χ0v) is 12.1. The van der Waals surface area contributed by atoms with Gasteiger partial charge in [0.2, 0.25) is 0 Å². The molecule has 0 radical (unpaired) electrons. The van der Waals surface area contributed by atoms with Crippen molar-refractivity contribution in [2.45, 2.75) is 32.2 Å². The Morgan fingerprint density at radius 1 is 1.37 bits per heavy atom. The van der Waals surface area contributed by atoms with E-state index in [0.29, 0.717) is 5.92 Å². The van der Waals surface area contributed by atoms with E-state index in [-0.39, 0.29) is 5.97 Å². The first kappa shape index (κ1) is 14.1. The molecule has 104 valence electrons. The van der Waals surface area contributed by atoms with Gasteiger partial charge in [0.1, 0.15) is 5.54 Å². The van der Waals surface area contributed by atoms with Crippen molar-refractivity contribution < 1.29 is 9.53 Å². The quantitative estimate of drug-likeness (QED) is 0.784. The molecule has 1 aliphatic heterocycles. The van der Waals surface area contributed by atoms with E-state index in [0.717, 1.165) is 25.1 Å². The van der Waals surface area contributed by atoms with Crippen molar-refractivity contribution >= 4 is 5.97 Å². The molecule has 0 N–H and O–H groups in total. The van der Waals surface area contributed by atoms with E-state index in [9.17, 15) is 4.79 Å². The molecule has 1 aromatic rings. The molecule has 1 saturated heterocycles. The van der Waals surface area contributed by atoms with Crippen molar-refractivity contribution in [3.05, 3.63) is 35.9 Å². The summed E-state index contributed by atoms with van der Waals surface area (Å²) in [7, 11) is 1.47. The topological polar surface area (TPSA) is 29.5 Å². The standard InChI is InChI=1S/C16H23NO2/c1-13-8-7-11-17(12-13)16(2,15(18)19-3)14-9-5-4-6-10-14/h4-6,9-10,13H,7-8,11-12H2,1-3H3. The van der Waals surface area contributed by atoms with Gasteiger partial charge in [-0.15, -0.1) is 0 Å². The molecular weight excluding hydrogens is 238 g/mol. The number of esters is 1. The molecule has 3 heteroatoms. The molecule has 1 aromatic carbocycles. The highest BCUT2D eigenvalue weighted by molar-refractivity contribution is 5.82. The van der Waals surface area contributed by atoms with Gasteiger partial charge >= 0.3 is 5.97 Å². The number of nitrogens with zero attached hydrogens (tertiary/aromatic N) is 1. The molecule has 3 nitrogen and oxygen atoms in total. The summed E-state index contributed by atoms with van der Waals surface area (Å²) < 4.78 is 5.08. The number of likely N-dealkylation sites (tertiary alicyclic amines) is 1. The van der Waals surface area contributed by atoms with Gasteiger partial charge < -0.3 is 4.74 Å². The van der Waals surface area contributed by atoms with Crippen molar-refractivity contribution in [1.29, 1.82) is 0 Å². The van der Waals surface area contributed by atoms with Gasteiger partial charge in [0.05, 0.1) is 7.11 Å². The SMILES string of the molecule is COC(=O)C(C)(c1ccccc1)N1CCCC(C)C1. The maximum absolute atomic E-state index is 12.4. The first-order valence-corrected chi connectivity index (χ1v) is 6.98. The Morgan fingerprint density at radius 3 is 2.63 bits per heavy atom. The second-order valence-corrected chi connectivity index (χ2v) is 5.62. The van der Waals surface area contributed by atoms with E-state index in [4.69, 9.17) is 4.74 Å². The minimum atomic E-state index is -0.676. The highest BCUT2D eigenvalue weighted by atomic mass is 16.5. The van der Waals surface area contributed by atoms with E-state index < -0.39 is 5.54 Å². The molecule has 1 heterocycles. The van der Waals surface area contributed by atoms with Crippen LogP contribution >= 0.6 is 0 Å². The van der Waals surface area contributed by atoms with E-state index in [2.05, 4.69) is 11.8 Å². The summed E-state index contributed by atoms with van der Waals surface area (Å²) >= 11 is 0. The molecule has 0 saturated carbocycles. The molecule has 1 fully saturated rings. The molecule has 2 rings (SSSR count). The minimum absolute atomic E-state index is 0.173. The minimum Gasteiger partial charge on any atom is -0.467 e. The lowest BCUT2D eigenvalue weighted by atomic mass is 9.86.